The maximum Gasteiger partial charge on any atom is 0.338 e. The average Bonchev–Trinajstić information content (AvgIpc) is 2.76. The molecule has 1 aromatic carbocycles. The van der Waals surface area contributed by atoms with Crippen LogP contribution in [0.3, 0.4) is 0 Å². The van der Waals surface area contributed by atoms with Gasteiger partial charge in [-0.15, -0.1) is 0 Å². The van der Waals surface area contributed by atoms with E-state index in [1.54, 1.807) is 6.92 Å². The highest BCUT2D eigenvalue weighted by Gasteiger charge is 2.34. The molecule has 8 nitrogen and oxygen atoms in total. The van der Waals surface area contributed by atoms with Gasteiger partial charge in [-0.05, 0) is 44.0 Å². The largest absolute Gasteiger partial charge is 0.462 e. The molecule has 174 valence electrons. The molecule has 1 amide bonds. The Hall–Kier alpha value is -2.11. The normalized spacial score (nSPS) is 15.8. The van der Waals surface area contributed by atoms with Crippen LogP contribution in [0.15, 0.2) is 29.2 Å². The van der Waals surface area contributed by atoms with Crippen molar-refractivity contribution in [3.05, 3.63) is 29.8 Å². The zero-order valence-corrected chi connectivity index (χ0v) is 18.4. The fourth-order valence-electron chi connectivity index (χ4n) is 3.39. The summed E-state index contributed by atoms with van der Waals surface area (Å²) in [5.74, 6) is -1.46. The monoisotopic (exact) mass is 462 g/mol. The van der Waals surface area contributed by atoms with Crippen LogP contribution in [-0.4, -0.2) is 82.4 Å². The van der Waals surface area contributed by atoms with Crippen LogP contribution in [0.5, 0.6) is 0 Å². The van der Waals surface area contributed by atoms with E-state index in [4.69, 9.17) is 9.47 Å². The number of methoxy groups -OCH3 is 1. The van der Waals surface area contributed by atoms with Crippen molar-refractivity contribution in [3.8, 4) is 0 Å². The molecule has 0 unspecified atom stereocenters. The first-order chi connectivity index (χ1) is 14.7. The number of esters is 1. The number of amides is 1. The second-order valence-electron chi connectivity index (χ2n) is 7.09. The Morgan fingerprint density at radius 1 is 1.19 bits per heavy atom. The predicted octanol–water partition coefficient (Wildman–Crippen LogP) is 2.00. The highest BCUT2D eigenvalue weighted by atomic mass is 32.2. The van der Waals surface area contributed by atoms with Crippen molar-refractivity contribution in [2.24, 2.45) is 5.92 Å². The van der Waals surface area contributed by atoms with Crippen molar-refractivity contribution in [2.45, 2.75) is 31.1 Å². The number of benzene rings is 1. The Morgan fingerprint density at radius 2 is 1.81 bits per heavy atom. The van der Waals surface area contributed by atoms with Gasteiger partial charge in [0.15, 0.2) is 0 Å². The lowest BCUT2D eigenvalue weighted by molar-refractivity contribution is -0.139. The summed E-state index contributed by atoms with van der Waals surface area (Å²) in [6.07, 6.45) is -2.17. The van der Waals surface area contributed by atoms with E-state index in [0.29, 0.717) is 0 Å². The second kappa shape index (κ2) is 11.5. The van der Waals surface area contributed by atoms with Gasteiger partial charge in [0.1, 0.15) is 0 Å². The Kier molecular flexibility index (Phi) is 9.32. The second-order valence-corrected chi connectivity index (χ2v) is 9.03. The van der Waals surface area contributed by atoms with Gasteiger partial charge in [-0.2, -0.15) is 4.31 Å². The van der Waals surface area contributed by atoms with Gasteiger partial charge in [-0.1, -0.05) is 0 Å². The summed E-state index contributed by atoms with van der Waals surface area (Å²) in [7, 11) is -2.38. The molecule has 0 bridgehead atoms. The van der Waals surface area contributed by atoms with Gasteiger partial charge < -0.3 is 14.4 Å². The number of ether oxygens (including phenoxy) is 2. The SMILES string of the molecule is CCOC(=O)c1ccc(S(=O)(=O)N2CCC(C(=O)N(CCOC)CC(F)F)CC2)cc1. The molecule has 1 heterocycles. The minimum absolute atomic E-state index is 0.0322. The van der Waals surface area contributed by atoms with E-state index < -0.39 is 40.8 Å². The van der Waals surface area contributed by atoms with Gasteiger partial charge >= 0.3 is 5.97 Å². The standard InChI is InChI=1S/C20H28F2N2O6S/c1-3-30-20(26)16-4-6-17(7-5-16)31(27,28)24-10-8-15(9-11-24)19(25)23(12-13-29-2)14-18(21)22/h4-7,15,18H,3,8-14H2,1-2H3. The van der Waals surface area contributed by atoms with Crippen LogP contribution in [0.1, 0.15) is 30.1 Å². The predicted molar refractivity (Wildman–Crippen MR) is 108 cm³/mol. The summed E-state index contributed by atoms with van der Waals surface area (Å²) in [6.45, 7) is 1.63. The minimum atomic E-state index is -3.80. The van der Waals surface area contributed by atoms with Crippen molar-refractivity contribution < 1.29 is 36.3 Å². The maximum absolute atomic E-state index is 12.9. The summed E-state index contributed by atoms with van der Waals surface area (Å²) >= 11 is 0. The smallest absolute Gasteiger partial charge is 0.338 e. The molecule has 0 aromatic heterocycles. The first-order valence-corrected chi connectivity index (χ1v) is 11.5. The lowest BCUT2D eigenvalue weighted by Crippen LogP contribution is -2.46. The third-order valence-corrected chi connectivity index (χ3v) is 6.95. The highest BCUT2D eigenvalue weighted by Crippen LogP contribution is 2.25. The zero-order chi connectivity index (χ0) is 23.0. The van der Waals surface area contributed by atoms with Crippen molar-refractivity contribution in [1.29, 1.82) is 0 Å². The first-order valence-electron chi connectivity index (χ1n) is 10.0. The highest BCUT2D eigenvalue weighted by molar-refractivity contribution is 7.89. The van der Waals surface area contributed by atoms with Crippen molar-refractivity contribution in [2.75, 3.05) is 46.5 Å². The van der Waals surface area contributed by atoms with E-state index in [1.165, 1.54) is 35.7 Å². The third kappa shape index (κ3) is 6.68. The molecule has 0 aliphatic carbocycles. The van der Waals surface area contributed by atoms with E-state index in [2.05, 4.69) is 0 Å². The average molecular weight is 463 g/mol. The fraction of sp³-hybridized carbons (Fsp3) is 0.600. The molecular formula is C20H28F2N2O6S. The van der Waals surface area contributed by atoms with Crippen molar-refractivity contribution in [3.63, 3.8) is 0 Å². The Labute approximate surface area is 181 Å². The molecule has 0 atom stereocenters. The third-order valence-electron chi connectivity index (χ3n) is 5.04. The summed E-state index contributed by atoms with van der Waals surface area (Å²) in [5.41, 5.74) is 0.250. The van der Waals surface area contributed by atoms with Gasteiger partial charge in [0.05, 0.1) is 30.2 Å². The number of nitrogens with zero attached hydrogens (tertiary/aromatic N) is 2. The lowest BCUT2D eigenvalue weighted by Gasteiger charge is -2.33. The number of sulfonamides is 1. The molecule has 0 saturated carbocycles. The number of alkyl halides is 2. The molecular weight excluding hydrogens is 434 g/mol. The van der Waals surface area contributed by atoms with Gasteiger partial charge in [0.25, 0.3) is 6.43 Å². The maximum atomic E-state index is 12.9. The van der Waals surface area contributed by atoms with E-state index in [-0.39, 0.29) is 56.1 Å². The first kappa shape index (κ1) is 25.2. The van der Waals surface area contributed by atoms with Crippen LogP contribution in [0, 0.1) is 5.92 Å². The van der Waals surface area contributed by atoms with Gasteiger partial charge in [-0.25, -0.2) is 22.0 Å². The van der Waals surface area contributed by atoms with Crippen LogP contribution >= 0.6 is 0 Å². The van der Waals surface area contributed by atoms with Crippen LogP contribution < -0.4 is 0 Å². The topological polar surface area (TPSA) is 93.2 Å². The number of carbonyl (C=O) groups is 2. The molecule has 1 fully saturated rings. The number of rotatable bonds is 10. The van der Waals surface area contributed by atoms with Crippen molar-refractivity contribution in [1.82, 2.24) is 9.21 Å². The zero-order valence-electron chi connectivity index (χ0n) is 17.6. The Bertz CT molecular complexity index is 840. The minimum Gasteiger partial charge on any atom is -0.462 e. The number of piperidine rings is 1. The number of halogens is 2. The molecule has 31 heavy (non-hydrogen) atoms. The molecule has 2 rings (SSSR count). The number of carbonyl (C=O) groups excluding carboxylic acids is 2. The molecule has 1 saturated heterocycles. The summed E-state index contributed by atoms with van der Waals surface area (Å²) in [4.78, 5) is 25.5. The van der Waals surface area contributed by atoms with Crippen LogP contribution in [-0.2, 0) is 24.3 Å². The van der Waals surface area contributed by atoms with E-state index in [0.717, 1.165) is 4.90 Å². The number of hydrogen-bond donors (Lipinski definition) is 0. The molecule has 0 N–H and O–H groups in total. The Balaban J connectivity index is 2.01. The van der Waals surface area contributed by atoms with Gasteiger partial charge in [0, 0.05) is 32.7 Å². The van der Waals surface area contributed by atoms with Crippen LogP contribution in [0.4, 0.5) is 8.78 Å². The van der Waals surface area contributed by atoms with E-state index in [9.17, 15) is 26.8 Å². The quantitative estimate of drug-likeness (QED) is 0.494. The molecule has 1 aromatic rings. The van der Waals surface area contributed by atoms with Gasteiger partial charge in [-0.3, -0.25) is 4.79 Å². The van der Waals surface area contributed by atoms with Crippen molar-refractivity contribution >= 4 is 21.9 Å². The summed E-state index contributed by atoms with van der Waals surface area (Å²) in [6, 6.07) is 5.46. The summed E-state index contributed by atoms with van der Waals surface area (Å²) < 4.78 is 62.4. The van der Waals surface area contributed by atoms with E-state index in [1.807, 2.05) is 0 Å². The molecule has 1 aliphatic heterocycles. The van der Waals surface area contributed by atoms with Crippen LogP contribution in [0.25, 0.3) is 0 Å². The fourth-order valence-corrected chi connectivity index (χ4v) is 4.86. The van der Waals surface area contributed by atoms with Crippen LogP contribution in [0.2, 0.25) is 0 Å². The van der Waals surface area contributed by atoms with Gasteiger partial charge in [0.2, 0.25) is 15.9 Å². The molecule has 0 spiro atoms. The molecule has 0 radical (unpaired) electrons. The molecule has 11 heteroatoms. The molecule has 1 aliphatic rings. The lowest BCUT2D eigenvalue weighted by atomic mass is 9.96. The summed E-state index contributed by atoms with van der Waals surface area (Å²) in [5, 5.41) is 0. The Morgan fingerprint density at radius 3 is 2.32 bits per heavy atom. The number of hydrogen-bond acceptors (Lipinski definition) is 6. The van der Waals surface area contributed by atoms with E-state index >= 15 is 0 Å².